The first kappa shape index (κ1) is 19.8. The fourth-order valence-corrected chi connectivity index (χ4v) is 3.20. The molecule has 9 nitrogen and oxygen atoms in total. The zero-order chi connectivity index (χ0) is 22.0. The van der Waals surface area contributed by atoms with Gasteiger partial charge >= 0.3 is 5.97 Å². The van der Waals surface area contributed by atoms with Gasteiger partial charge in [0.15, 0.2) is 12.4 Å². The lowest BCUT2D eigenvalue weighted by atomic mass is 10.1. The van der Waals surface area contributed by atoms with Crippen LogP contribution >= 0.6 is 0 Å². The van der Waals surface area contributed by atoms with Gasteiger partial charge in [0.2, 0.25) is 5.78 Å². The smallest absolute Gasteiger partial charge is 0.349 e. The van der Waals surface area contributed by atoms with E-state index in [0.717, 1.165) is 0 Å². The number of carbonyl (C=O) groups excluding carboxylic acids is 1. The van der Waals surface area contributed by atoms with E-state index in [1.54, 1.807) is 67.1 Å². The number of nitrogens with zero attached hydrogens (tertiary/aromatic N) is 5. The van der Waals surface area contributed by atoms with Gasteiger partial charge in [0.1, 0.15) is 17.4 Å². The summed E-state index contributed by atoms with van der Waals surface area (Å²) in [4.78, 5) is 25.0. The lowest BCUT2D eigenvalue weighted by Crippen LogP contribution is -2.20. The van der Waals surface area contributed by atoms with Crippen LogP contribution in [0.3, 0.4) is 0 Å². The summed E-state index contributed by atoms with van der Waals surface area (Å²) in [6.07, 6.45) is 1.43. The number of para-hydroxylation sites is 1. The molecule has 0 N–H and O–H groups in total. The molecule has 9 heteroatoms. The maximum atomic E-state index is 12.5. The summed E-state index contributed by atoms with van der Waals surface area (Å²) in [5, 5.41) is 18.0. The normalized spacial score (nSPS) is 11.5. The van der Waals surface area contributed by atoms with Crippen LogP contribution in [-0.2, 0) is 23.2 Å². The van der Waals surface area contributed by atoms with Crippen molar-refractivity contribution < 1.29 is 14.3 Å². The Hall–Kier alpha value is -4.45. The number of rotatable bonds is 5. The number of aryl methyl sites for hydroxylation is 1. The average molecular weight is 415 g/mol. The summed E-state index contributed by atoms with van der Waals surface area (Å²) in [6, 6.07) is 15.8. The molecular weight excluding hydrogens is 398 g/mol. The summed E-state index contributed by atoms with van der Waals surface area (Å²) < 4.78 is 13.4. The Morgan fingerprint density at radius 3 is 2.61 bits per heavy atom. The minimum Gasteiger partial charge on any atom is -0.497 e. The highest BCUT2D eigenvalue weighted by Crippen LogP contribution is 2.16. The van der Waals surface area contributed by atoms with Crippen molar-refractivity contribution in [1.82, 2.24) is 19.2 Å². The molecule has 0 amide bonds. The maximum absolute atomic E-state index is 12.5. The van der Waals surface area contributed by atoms with E-state index in [4.69, 9.17) is 9.47 Å². The van der Waals surface area contributed by atoms with E-state index < -0.39 is 5.97 Å². The molecule has 2 heterocycles. The fourth-order valence-electron chi connectivity index (χ4n) is 3.20. The van der Waals surface area contributed by atoms with Crippen molar-refractivity contribution in [3.63, 3.8) is 0 Å². The SMILES string of the molecule is COc1ccc(/C=C(\C#N)C(=O)OCc2nnc3n(C)c(=O)c4ccccc4n23)cc1. The number of hydrogen-bond acceptors (Lipinski definition) is 7. The summed E-state index contributed by atoms with van der Waals surface area (Å²) in [5.74, 6) is 0.531. The van der Waals surface area contributed by atoms with Crippen LogP contribution in [-0.4, -0.2) is 32.2 Å². The van der Waals surface area contributed by atoms with Crippen molar-refractivity contribution in [2.24, 2.45) is 7.05 Å². The molecule has 0 radical (unpaired) electrons. The predicted octanol–water partition coefficient (Wildman–Crippen LogP) is 2.24. The zero-order valence-electron chi connectivity index (χ0n) is 16.8. The minimum absolute atomic E-state index is 0.156. The Kier molecular flexibility index (Phi) is 5.20. The second kappa shape index (κ2) is 8.12. The minimum atomic E-state index is -0.788. The highest BCUT2D eigenvalue weighted by molar-refractivity contribution is 5.97. The first-order valence-electron chi connectivity index (χ1n) is 9.28. The summed E-state index contributed by atoms with van der Waals surface area (Å²) >= 11 is 0. The molecular formula is C22H17N5O4. The number of esters is 1. The molecule has 0 fully saturated rings. The number of ether oxygens (including phenoxy) is 2. The monoisotopic (exact) mass is 415 g/mol. The van der Waals surface area contributed by atoms with Gasteiger partial charge in [-0.25, -0.2) is 4.79 Å². The number of fused-ring (bicyclic) bond motifs is 3. The van der Waals surface area contributed by atoms with Crippen LogP contribution in [0.4, 0.5) is 0 Å². The van der Waals surface area contributed by atoms with Gasteiger partial charge in [-0.2, -0.15) is 5.26 Å². The van der Waals surface area contributed by atoms with Gasteiger partial charge < -0.3 is 9.47 Å². The Morgan fingerprint density at radius 1 is 1.16 bits per heavy atom. The Balaban J connectivity index is 1.63. The lowest BCUT2D eigenvalue weighted by Gasteiger charge is -2.08. The molecule has 0 spiro atoms. The second-order valence-corrected chi connectivity index (χ2v) is 6.65. The van der Waals surface area contributed by atoms with Gasteiger partial charge in [0, 0.05) is 7.05 Å². The molecule has 0 atom stereocenters. The number of nitriles is 1. The molecule has 31 heavy (non-hydrogen) atoms. The van der Waals surface area contributed by atoms with Crippen LogP contribution in [0.25, 0.3) is 22.8 Å². The Labute approximate surface area is 176 Å². The molecule has 0 saturated carbocycles. The summed E-state index contributed by atoms with van der Waals surface area (Å²) in [6.45, 7) is -0.218. The first-order chi connectivity index (χ1) is 15.0. The quantitative estimate of drug-likeness (QED) is 0.279. The maximum Gasteiger partial charge on any atom is 0.349 e. The number of carbonyl (C=O) groups is 1. The molecule has 2 aromatic carbocycles. The molecule has 0 aliphatic heterocycles. The van der Waals surface area contributed by atoms with Gasteiger partial charge in [-0.05, 0) is 35.9 Å². The van der Waals surface area contributed by atoms with E-state index in [9.17, 15) is 14.9 Å². The van der Waals surface area contributed by atoms with Gasteiger partial charge in [0.05, 0.1) is 18.0 Å². The molecule has 4 aromatic rings. The van der Waals surface area contributed by atoms with E-state index in [1.165, 1.54) is 10.6 Å². The number of aromatic nitrogens is 4. The summed E-state index contributed by atoms with van der Waals surface area (Å²) in [7, 11) is 3.15. The third-order valence-corrected chi connectivity index (χ3v) is 4.79. The second-order valence-electron chi connectivity index (χ2n) is 6.65. The van der Waals surface area contributed by atoms with Crippen molar-refractivity contribution in [2.45, 2.75) is 6.61 Å². The standard InChI is InChI=1S/C22H17N5O4/c1-26-20(28)17-5-3-4-6-18(17)27-19(24-25-22(26)27)13-31-21(29)15(12-23)11-14-7-9-16(30-2)10-8-14/h3-11H,13H2,1-2H3/b15-11+. The highest BCUT2D eigenvalue weighted by atomic mass is 16.5. The topological polar surface area (TPSA) is 112 Å². The van der Waals surface area contributed by atoms with Crippen molar-refractivity contribution in [1.29, 1.82) is 5.26 Å². The van der Waals surface area contributed by atoms with Crippen LogP contribution in [0.5, 0.6) is 5.75 Å². The molecule has 0 aliphatic rings. The first-order valence-corrected chi connectivity index (χ1v) is 9.28. The average Bonchev–Trinajstić information content (AvgIpc) is 3.24. The van der Waals surface area contributed by atoms with Gasteiger partial charge in [0.25, 0.3) is 5.56 Å². The van der Waals surface area contributed by atoms with Gasteiger partial charge in [-0.15, -0.1) is 10.2 Å². The molecule has 0 aliphatic carbocycles. The fraction of sp³-hybridized carbons (Fsp3) is 0.136. The third kappa shape index (κ3) is 3.62. The highest BCUT2D eigenvalue weighted by Gasteiger charge is 2.17. The van der Waals surface area contributed by atoms with E-state index in [-0.39, 0.29) is 17.7 Å². The third-order valence-electron chi connectivity index (χ3n) is 4.79. The Bertz CT molecular complexity index is 1420. The number of benzene rings is 2. The largest absolute Gasteiger partial charge is 0.497 e. The van der Waals surface area contributed by atoms with Crippen molar-refractivity contribution in [3.05, 3.63) is 75.8 Å². The summed E-state index contributed by atoms with van der Waals surface area (Å²) in [5.41, 5.74) is 0.902. The molecule has 4 rings (SSSR count). The molecule has 0 unspecified atom stereocenters. The van der Waals surface area contributed by atoms with E-state index in [0.29, 0.717) is 33.8 Å². The van der Waals surface area contributed by atoms with Crippen LogP contribution < -0.4 is 10.3 Å². The van der Waals surface area contributed by atoms with Crippen LogP contribution in [0.2, 0.25) is 0 Å². The van der Waals surface area contributed by atoms with E-state index in [1.807, 2.05) is 6.07 Å². The molecule has 0 saturated heterocycles. The molecule has 2 aromatic heterocycles. The van der Waals surface area contributed by atoms with E-state index in [2.05, 4.69) is 10.2 Å². The van der Waals surface area contributed by atoms with Crippen molar-refractivity contribution in [2.75, 3.05) is 7.11 Å². The van der Waals surface area contributed by atoms with Crippen molar-refractivity contribution >= 4 is 28.7 Å². The number of hydrogen-bond donors (Lipinski definition) is 0. The molecule has 154 valence electrons. The Morgan fingerprint density at radius 2 is 1.90 bits per heavy atom. The lowest BCUT2D eigenvalue weighted by molar-refractivity contribution is -0.139. The van der Waals surface area contributed by atoms with Crippen LogP contribution in [0, 0.1) is 11.3 Å². The van der Waals surface area contributed by atoms with Crippen LogP contribution in [0.15, 0.2) is 58.9 Å². The zero-order valence-corrected chi connectivity index (χ0v) is 16.8. The van der Waals surface area contributed by atoms with Gasteiger partial charge in [-0.3, -0.25) is 13.8 Å². The van der Waals surface area contributed by atoms with Crippen LogP contribution in [0.1, 0.15) is 11.4 Å². The van der Waals surface area contributed by atoms with Gasteiger partial charge in [-0.1, -0.05) is 24.3 Å². The predicted molar refractivity (Wildman–Crippen MR) is 112 cm³/mol. The van der Waals surface area contributed by atoms with Crippen molar-refractivity contribution in [3.8, 4) is 11.8 Å². The van der Waals surface area contributed by atoms with E-state index >= 15 is 0 Å². The molecule has 0 bridgehead atoms. The number of methoxy groups -OCH3 is 1.